The van der Waals surface area contributed by atoms with Crippen LogP contribution in [-0.2, 0) is 0 Å². The zero-order chi connectivity index (χ0) is 14.9. The van der Waals surface area contributed by atoms with Crippen molar-refractivity contribution in [1.29, 1.82) is 0 Å². The third-order valence-electron chi connectivity index (χ3n) is 4.37. The Balaban J connectivity index is 1.89. The van der Waals surface area contributed by atoms with Crippen LogP contribution in [0.1, 0.15) is 51.9 Å². The van der Waals surface area contributed by atoms with Crippen molar-refractivity contribution >= 4 is 23.4 Å². The van der Waals surface area contributed by atoms with Crippen molar-refractivity contribution in [3.8, 4) is 0 Å². The van der Waals surface area contributed by atoms with Crippen LogP contribution in [-0.4, -0.2) is 18.3 Å². The summed E-state index contributed by atoms with van der Waals surface area (Å²) >= 11 is 7.93. The number of halogens is 1. The number of hydrogen-bond acceptors (Lipinski definition) is 2. The van der Waals surface area contributed by atoms with E-state index in [2.05, 4.69) is 24.4 Å². The molecule has 1 aromatic carbocycles. The van der Waals surface area contributed by atoms with Crippen molar-refractivity contribution in [2.45, 2.75) is 62.8 Å². The summed E-state index contributed by atoms with van der Waals surface area (Å²) in [5, 5.41) is 4.62. The minimum Gasteiger partial charge on any atom is -0.313 e. The van der Waals surface area contributed by atoms with Gasteiger partial charge in [-0.2, -0.15) is 0 Å². The molecule has 1 N–H and O–H groups in total. The molecule has 1 nitrogen and oxygen atoms in total. The SMILES string of the molecule is CCCNC(CSc1ccc(Cl)cc1)C1CCCCCC1. The van der Waals surface area contributed by atoms with Gasteiger partial charge in [0.15, 0.2) is 0 Å². The fourth-order valence-electron chi connectivity index (χ4n) is 3.12. The van der Waals surface area contributed by atoms with Gasteiger partial charge >= 0.3 is 0 Å². The number of benzene rings is 1. The quantitative estimate of drug-likeness (QED) is 0.504. The van der Waals surface area contributed by atoms with Crippen LogP contribution < -0.4 is 5.32 Å². The van der Waals surface area contributed by atoms with Gasteiger partial charge in [-0.3, -0.25) is 0 Å². The molecule has 0 spiro atoms. The normalized spacial score (nSPS) is 18.4. The summed E-state index contributed by atoms with van der Waals surface area (Å²) in [6.45, 7) is 3.39. The van der Waals surface area contributed by atoms with Crippen molar-refractivity contribution in [2.75, 3.05) is 12.3 Å². The Labute approximate surface area is 139 Å². The van der Waals surface area contributed by atoms with E-state index in [1.54, 1.807) is 0 Å². The van der Waals surface area contributed by atoms with Crippen molar-refractivity contribution in [1.82, 2.24) is 5.32 Å². The van der Waals surface area contributed by atoms with E-state index in [4.69, 9.17) is 11.6 Å². The van der Waals surface area contributed by atoms with Crippen LogP contribution in [0.25, 0.3) is 0 Å². The molecule has 0 heterocycles. The molecule has 0 aliphatic heterocycles. The standard InChI is InChI=1S/C18H28ClNS/c1-2-13-20-18(15-7-5-3-4-6-8-15)14-21-17-11-9-16(19)10-12-17/h9-12,15,18,20H,2-8,13-14H2,1H3. The van der Waals surface area contributed by atoms with Gasteiger partial charge < -0.3 is 5.32 Å². The van der Waals surface area contributed by atoms with Crippen LogP contribution in [0.15, 0.2) is 29.2 Å². The molecule has 1 saturated carbocycles. The van der Waals surface area contributed by atoms with Gasteiger partial charge in [-0.1, -0.05) is 44.2 Å². The van der Waals surface area contributed by atoms with Gasteiger partial charge in [0, 0.05) is 21.7 Å². The zero-order valence-corrected chi connectivity index (χ0v) is 14.7. The molecule has 1 aliphatic carbocycles. The van der Waals surface area contributed by atoms with Crippen LogP contribution in [0.2, 0.25) is 5.02 Å². The molecule has 0 bridgehead atoms. The maximum absolute atomic E-state index is 5.96. The topological polar surface area (TPSA) is 12.0 Å². The smallest absolute Gasteiger partial charge is 0.0406 e. The summed E-state index contributed by atoms with van der Waals surface area (Å²) in [7, 11) is 0. The Kier molecular flexibility index (Phi) is 7.98. The lowest BCUT2D eigenvalue weighted by atomic mass is 9.93. The Morgan fingerprint density at radius 3 is 2.43 bits per heavy atom. The largest absolute Gasteiger partial charge is 0.313 e. The van der Waals surface area contributed by atoms with Crippen LogP contribution in [0, 0.1) is 5.92 Å². The van der Waals surface area contributed by atoms with Gasteiger partial charge in [0.2, 0.25) is 0 Å². The first-order chi connectivity index (χ1) is 10.3. The molecule has 1 unspecified atom stereocenters. The van der Waals surface area contributed by atoms with Gasteiger partial charge in [-0.05, 0) is 56.0 Å². The highest BCUT2D eigenvalue weighted by molar-refractivity contribution is 7.99. The maximum Gasteiger partial charge on any atom is 0.0406 e. The highest BCUT2D eigenvalue weighted by atomic mass is 35.5. The van der Waals surface area contributed by atoms with E-state index < -0.39 is 0 Å². The number of thioether (sulfide) groups is 1. The van der Waals surface area contributed by atoms with Crippen LogP contribution in [0.4, 0.5) is 0 Å². The Morgan fingerprint density at radius 2 is 1.81 bits per heavy atom. The lowest BCUT2D eigenvalue weighted by Gasteiger charge is -2.27. The van der Waals surface area contributed by atoms with Crippen molar-refractivity contribution in [3.63, 3.8) is 0 Å². The van der Waals surface area contributed by atoms with E-state index in [-0.39, 0.29) is 0 Å². The summed E-state index contributed by atoms with van der Waals surface area (Å²) in [6, 6.07) is 8.91. The van der Waals surface area contributed by atoms with E-state index in [0.29, 0.717) is 6.04 Å². The monoisotopic (exact) mass is 325 g/mol. The van der Waals surface area contributed by atoms with E-state index in [9.17, 15) is 0 Å². The van der Waals surface area contributed by atoms with Gasteiger partial charge in [0.1, 0.15) is 0 Å². The molecule has 1 atom stereocenters. The van der Waals surface area contributed by atoms with Crippen LogP contribution in [0.5, 0.6) is 0 Å². The number of hydrogen-bond donors (Lipinski definition) is 1. The second kappa shape index (κ2) is 9.76. The third kappa shape index (κ3) is 6.22. The van der Waals surface area contributed by atoms with E-state index in [1.165, 1.54) is 55.6 Å². The highest BCUT2D eigenvalue weighted by Gasteiger charge is 2.22. The van der Waals surface area contributed by atoms with E-state index in [1.807, 2.05) is 23.9 Å². The minimum atomic E-state index is 0.656. The number of nitrogens with one attached hydrogen (secondary N) is 1. The zero-order valence-electron chi connectivity index (χ0n) is 13.1. The van der Waals surface area contributed by atoms with Gasteiger partial charge in [0.25, 0.3) is 0 Å². The molecule has 0 amide bonds. The van der Waals surface area contributed by atoms with Crippen LogP contribution in [0.3, 0.4) is 0 Å². The lowest BCUT2D eigenvalue weighted by molar-refractivity contribution is 0.343. The Hall–Kier alpha value is -0.180. The van der Waals surface area contributed by atoms with Gasteiger partial charge in [-0.25, -0.2) is 0 Å². The summed E-state index contributed by atoms with van der Waals surface area (Å²) in [6.07, 6.45) is 9.73. The fraction of sp³-hybridized carbons (Fsp3) is 0.667. The molecule has 118 valence electrons. The second-order valence-corrected chi connectivity index (χ2v) is 7.61. The average Bonchev–Trinajstić information content (AvgIpc) is 2.78. The van der Waals surface area contributed by atoms with Crippen LogP contribution >= 0.6 is 23.4 Å². The molecule has 2 rings (SSSR count). The fourth-order valence-corrected chi connectivity index (χ4v) is 4.34. The third-order valence-corrected chi connectivity index (χ3v) is 5.75. The summed E-state index contributed by atoms with van der Waals surface area (Å²) in [5.41, 5.74) is 0. The molecular formula is C18H28ClNS. The molecule has 1 aliphatic rings. The molecule has 3 heteroatoms. The van der Waals surface area contributed by atoms with Gasteiger partial charge in [0.05, 0.1) is 0 Å². The second-order valence-electron chi connectivity index (χ2n) is 6.08. The predicted molar refractivity (Wildman–Crippen MR) is 95.4 cm³/mol. The molecule has 0 radical (unpaired) electrons. The average molecular weight is 326 g/mol. The molecule has 0 aromatic heterocycles. The van der Waals surface area contributed by atoms with Crippen molar-refractivity contribution in [2.24, 2.45) is 5.92 Å². The lowest BCUT2D eigenvalue weighted by Crippen LogP contribution is -2.38. The first-order valence-electron chi connectivity index (χ1n) is 8.41. The summed E-state index contributed by atoms with van der Waals surface area (Å²) in [4.78, 5) is 1.33. The van der Waals surface area contributed by atoms with Crippen molar-refractivity contribution in [3.05, 3.63) is 29.3 Å². The van der Waals surface area contributed by atoms with E-state index >= 15 is 0 Å². The molecule has 1 aromatic rings. The van der Waals surface area contributed by atoms with Gasteiger partial charge in [-0.15, -0.1) is 11.8 Å². The maximum atomic E-state index is 5.96. The highest BCUT2D eigenvalue weighted by Crippen LogP contribution is 2.29. The minimum absolute atomic E-state index is 0.656. The van der Waals surface area contributed by atoms with E-state index in [0.717, 1.165) is 17.5 Å². The first kappa shape index (κ1) is 17.2. The van der Waals surface area contributed by atoms with Crippen molar-refractivity contribution < 1.29 is 0 Å². The predicted octanol–water partition coefficient (Wildman–Crippen LogP) is 5.77. The summed E-state index contributed by atoms with van der Waals surface area (Å²) < 4.78 is 0. The molecular weight excluding hydrogens is 298 g/mol. The number of rotatable bonds is 7. The molecule has 0 saturated heterocycles. The Morgan fingerprint density at radius 1 is 1.14 bits per heavy atom. The molecule has 21 heavy (non-hydrogen) atoms. The first-order valence-corrected chi connectivity index (χ1v) is 9.77. The Bertz CT molecular complexity index is 385. The molecule has 1 fully saturated rings. The summed E-state index contributed by atoms with van der Waals surface area (Å²) in [5.74, 6) is 2.03.